The van der Waals surface area contributed by atoms with Gasteiger partial charge in [0.2, 0.25) is 0 Å². The molecular weight excluding hydrogens is 267 g/mol. The third-order valence-corrected chi connectivity index (χ3v) is 3.43. The Kier molecular flexibility index (Phi) is 3.77. The number of fused-ring (bicyclic) bond motifs is 1. The van der Waals surface area contributed by atoms with Crippen molar-refractivity contribution in [2.45, 2.75) is 13.0 Å². The van der Waals surface area contributed by atoms with Crippen LogP contribution in [0.1, 0.15) is 6.42 Å². The molecular formula is C17H17FN2O. The molecule has 4 heteroatoms. The fourth-order valence-electron chi connectivity index (χ4n) is 2.35. The molecule has 0 saturated heterocycles. The van der Waals surface area contributed by atoms with E-state index in [2.05, 4.69) is 4.57 Å². The molecule has 0 atom stereocenters. The highest BCUT2D eigenvalue weighted by molar-refractivity contribution is 5.80. The molecule has 0 aliphatic heterocycles. The molecule has 1 aromatic heterocycles. The number of aryl methyl sites for hydroxylation is 1. The third-order valence-electron chi connectivity index (χ3n) is 3.43. The first-order valence-electron chi connectivity index (χ1n) is 6.95. The van der Waals surface area contributed by atoms with E-state index in [1.165, 1.54) is 6.07 Å². The van der Waals surface area contributed by atoms with Crippen molar-refractivity contribution in [1.82, 2.24) is 4.57 Å². The number of hydrogen-bond acceptors (Lipinski definition) is 2. The summed E-state index contributed by atoms with van der Waals surface area (Å²) in [6.07, 6.45) is 2.86. The van der Waals surface area contributed by atoms with Gasteiger partial charge >= 0.3 is 0 Å². The summed E-state index contributed by atoms with van der Waals surface area (Å²) < 4.78 is 20.9. The van der Waals surface area contributed by atoms with Crippen molar-refractivity contribution in [3.05, 3.63) is 60.5 Å². The Labute approximate surface area is 122 Å². The van der Waals surface area contributed by atoms with Crippen LogP contribution in [0.3, 0.4) is 0 Å². The number of nitrogens with zero attached hydrogens (tertiary/aromatic N) is 1. The minimum atomic E-state index is -0.202. The van der Waals surface area contributed by atoms with E-state index in [9.17, 15) is 4.39 Å². The Hall–Kier alpha value is -2.49. The first-order chi connectivity index (χ1) is 10.2. The van der Waals surface area contributed by atoms with Gasteiger partial charge in [-0.05, 0) is 55.0 Å². The third kappa shape index (κ3) is 3.16. The highest BCUT2D eigenvalue weighted by Crippen LogP contribution is 2.18. The summed E-state index contributed by atoms with van der Waals surface area (Å²) >= 11 is 0. The van der Waals surface area contributed by atoms with Crippen LogP contribution in [0.4, 0.5) is 10.1 Å². The fraction of sp³-hybridized carbons (Fsp3) is 0.176. The van der Waals surface area contributed by atoms with E-state index in [0.29, 0.717) is 6.61 Å². The molecule has 0 bridgehead atoms. The Balaban J connectivity index is 1.56. The molecule has 3 rings (SSSR count). The van der Waals surface area contributed by atoms with Crippen LogP contribution in [-0.2, 0) is 6.54 Å². The average Bonchev–Trinajstić information content (AvgIpc) is 2.87. The number of nitrogen functional groups attached to an aromatic ring is 1. The second kappa shape index (κ2) is 5.87. The number of anilines is 1. The van der Waals surface area contributed by atoms with E-state index >= 15 is 0 Å². The van der Waals surface area contributed by atoms with Crippen LogP contribution >= 0.6 is 0 Å². The van der Waals surface area contributed by atoms with E-state index in [4.69, 9.17) is 10.5 Å². The molecule has 0 fully saturated rings. The lowest BCUT2D eigenvalue weighted by Gasteiger charge is -2.08. The van der Waals surface area contributed by atoms with Gasteiger partial charge in [0.25, 0.3) is 0 Å². The first-order valence-corrected chi connectivity index (χ1v) is 6.95. The molecule has 0 amide bonds. The number of hydrogen-bond donors (Lipinski definition) is 1. The molecule has 3 aromatic rings. The summed E-state index contributed by atoms with van der Waals surface area (Å²) in [5.41, 5.74) is 7.40. The van der Waals surface area contributed by atoms with Gasteiger partial charge in [-0.1, -0.05) is 0 Å². The largest absolute Gasteiger partial charge is 0.494 e. The van der Waals surface area contributed by atoms with E-state index in [0.717, 1.165) is 35.3 Å². The molecule has 0 aliphatic rings. The summed E-state index contributed by atoms with van der Waals surface area (Å²) in [4.78, 5) is 0. The highest BCUT2D eigenvalue weighted by Gasteiger charge is 2.02. The number of halogens is 1. The van der Waals surface area contributed by atoms with Gasteiger partial charge in [-0.2, -0.15) is 0 Å². The number of benzene rings is 2. The second-order valence-corrected chi connectivity index (χ2v) is 4.98. The van der Waals surface area contributed by atoms with Gasteiger partial charge in [0, 0.05) is 29.3 Å². The van der Waals surface area contributed by atoms with Crippen molar-refractivity contribution >= 4 is 16.6 Å². The number of ether oxygens (including phenoxy) is 1. The average molecular weight is 284 g/mol. The summed E-state index contributed by atoms with van der Waals surface area (Å²) in [6.45, 7) is 1.47. The Bertz CT molecular complexity index is 734. The predicted octanol–water partition coefficient (Wildman–Crippen LogP) is 3.83. The van der Waals surface area contributed by atoms with Crippen molar-refractivity contribution in [1.29, 1.82) is 0 Å². The quantitative estimate of drug-likeness (QED) is 0.571. The van der Waals surface area contributed by atoms with Crippen molar-refractivity contribution in [3.8, 4) is 5.75 Å². The van der Waals surface area contributed by atoms with E-state index < -0.39 is 0 Å². The molecule has 21 heavy (non-hydrogen) atoms. The van der Waals surface area contributed by atoms with Gasteiger partial charge < -0.3 is 15.0 Å². The van der Waals surface area contributed by atoms with Crippen LogP contribution in [0.15, 0.2) is 54.7 Å². The fourth-order valence-corrected chi connectivity index (χ4v) is 2.35. The first kappa shape index (κ1) is 13.5. The van der Waals surface area contributed by atoms with Crippen molar-refractivity contribution in [2.24, 2.45) is 0 Å². The molecule has 108 valence electrons. The van der Waals surface area contributed by atoms with Gasteiger partial charge in [-0.3, -0.25) is 0 Å². The van der Waals surface area contributed by atoms with E-state index in [1.54, 1.807) is 6.07 Å². The maximum Gasteiger partial charge on any atom is 0.123 e. The molecule has 0 unspecified atom stereocenters. The SMILES string of the molecule is Nc1ccc(OCCCn2ccc3cc(F)ccc32)cc1. The minimum Gasteiger partial charge on any atom is -0.494 e. The maximum atomic E-state index is 13.1. The van der Waals surface area contributed by atoms with Crippen LogP contribution in [0.5, 0.6) is 5.75 Å². The molecule has 0 aliphatic carbocycles. The van der Waals surface area contributed by atoms with E-state index in [-0.39, 0.29) is 5.82 Å². The summed E-state index contributed by atoms with van der Waals surface area (Å²) in [5, 5.41) is 0.925. The zero-order valence-corrected chi connectivity index (χ0v) is 11.6. The normalized spacial score (nSPS) is 10.9. The number of rotatable bonds is 5. The topological polar surface area (TPSA) is 40.2 Å². The standard InChI is InChI=1S/C17H17FN2O/c18-14-2-7-17-13(12-14)8-10-20(17)9-1-11-21-16-5-3-15(19)4-6-16/h2-8,10,12H,1,9,11,19H2. The monoisotopic (exact) mass is 284 g/mol. The van der Waals surface area contributed by atoms with Crippen LogP contribution in [-0.4, -0.2) is 11.2 Å². The van der Waals surface area contributed by atoms with E-state index in [1.807, 2.05) is 42.6 Å². The van der Waals surface area contributed by atoms with Crippen molar-refractivity contribution < 1.29 is 9.13 Å². The summed E-state index contributed by atoms with van der Waals surface area (Å²) in [5.74, 6) is 0.621. The van der Waals surface area contributed by atoms with Gasteiger partial charge in [-0.15, -0.1) is 0 Å². The Morgan fingerprint density at radius 3 is 2.67 bits per heavy atom. The lowest BCUT2D eigenvalue weighted by molar-refractivity contribution is 0.302. The maximum absolute atomic E-state index is 13.1. The summed E-state index contributed by atoms with van der Waals surface area (Å²) in [6, 6.07) is 14.2. The van der Waals surface area contributed by atoms with Gasteiger partial charge in [0.05, 0.1) is 6.61 Å². The molecule has 2 aromatic carbocycles. The molecule has 0 radical (unpaired) electrons. The summed E-state index contributed by atoms with van der Waals surface area (Å²) in [7, 11) is 0. The van der Waals surface area contributed by atoms with Gasteiger partial charge in [0.1, 0.15) is 11.6 Å². The van der Waals surface area contributed by atoms with Crippen LogP contribution in [0, 0.1) is 5.82 Å². The second-order valence-electron chi connectivity index (χ2n) is 4.98. The molecule has 2 N–H and O–H groups in total. The molecule has 3 nitrogen and oxygen atoms in total. The predicted molar refractivity (Wildman–Crippen MR) is 82.9 cm³/mol. The molecule has 0 saturated carbocycles. The van der Waals surface area contributed by atoms with Gasteiger partial charge in [0.15, 0.2) is 0 Å². The molecule has 1 heterocycles. The van der Waals surface area contributed by atoms with Crippen LogP contribution < -0.4 is 10.5 Å². The number of nitrogens with two attached hydrogens (primary N) is 1. The molecule has 0 spiro atoms. The highest BCUT2D eigenvalue weighted by atomic mass is 19.1. The smallest absolute Gasteiger partial charge is 0.123 e. The van der Waals surface area contributed by atoms with Crippen LogP contribution in [0.25, 0.3) is 10.9 Å². The minimum absolute atomic E-state index is 0.202. The lowest BCUT2D eigenvalue weighted by atomic mass is 10.2. The lowest BCUT2D eigenvalue weighted by Crippen LogP contribution is -2.03. The van der Waals surface area contributed by atoms with Gasteiger partial charge in [-0.25, -0.2) is 4.39 Å². The Morgan fingerprint density at radius 2 is 1.86 bits per heavy atom. The number of aromatic nitrogens is 1. The zero-order valence-electron chi connectivity index (χ0n) is 11.6. The Morgan fingerprint density at radius 1 is 1.05 bits per heavy atom. The van der Waals surface area contributed by atoms with Crippen molar-refractivity contribution in [2.75, 3.05) is 12.3 Å². The van der Waals surface area contributed by atoms with Crippen molar-refractivity contribution in [3.63, 3.8) is 0 Å². The van der Waals surface area contributed by atoms with Crippen LogP contribution in [0.2, 0.25) is 0 Å². The zero-order chi connectivity index (χ0) is 14.7.